The molecule has 5 unspecified atom stereocenters. The maximum absolute atomic E-state index is 12.4. The monoisotopic (exact) mass is 434 g/mol. The predicted octanol–water partition coefficient (Wildman–Crippen LogP) is -3.41. The molecule has 0 radical (unpaired) electrons. The number of aliphatic hydroxyl groups excluding tert-OH is 1. The Hall–Kier alpha value is -3.26. The highest BCUT2D eigenvalue weighted by Gasteiger charge is 2.31. The van der Waals surface area contributed by atoms with Crippen LogP contribution < -0.4 is 21.7 Å². The van der Waals surface area contributed by atoms with Crippen molar-refractivity contribution in [1.29, 1.82) is 0 Å². The lowest BCUT2D eigenvalue weighted by molar-refractivity contribution is -0.143. The standard InChI is InChI=1S/C16H26N4O10/c1-6(16(29)30)18-13(26)8(3-4-10(22)23)19-14(27)9(5-11(24)25)20-15(28)12(17)7(2)21/h6-9,12,21H,3-5,17H2,1-2H3,(H,18,26)(H,19,27)(H,20,28)(H,22,23)(H,24,25)(H,29,30). The summed E-state index contributed by atoms with van der Waals surface area (Å²) in [5.74, 6) is -7.34. The van der Waals surface area contributed by atoms with Crippen molar-refractivity contribution >= 4 is 35.6 Å². The third kappa shape index (κ3) is 9.79. The van der Waals surface area contributed by atoms with Crippen molar-refractivity contribution in [3.63, 3.8) is 0 Å². The maximum atomic E-state index is 12.4. The zero-order valence-electron chi connectivity index (χ0n) is 16.3. The largest absolute Gasteiger partial charge is 0.481 e. The molecular formula is C16H26N4O10. The Bertz CT molecular complexity index is 681. The summed E-state index contributed by atoms with van der Waals surface area (Å²) in [6.07, 6.45) is -3.20. The highest BCUT2D eigenvalue weighted by molar-refractivity contribution is 5.95. The van der Waals surface area contributed by atoms with E-state index in [-0.39, 0.29) is 0 Å². The molecule has 0 fully saturated rings. The molecule has 0 aliphatic rings. The molecule has 0 aromatic carbocycles. The van der Waals surface area contributed by atoms with Crippen molar-refractivity contribution in [2.24, 2.45) is 5.73 Å². The lowest BCUT2D eigenvalue weighted by Crippen LogP contribution is -2.58. The van der Waals surface area contributed by atoms with Crippen LogP contribution in [0, 0.1) is 0 Å². The average Bonchev–Trinajstić information content (AvgIpc) is 2.62. The zero-order chi connectivity index (χ0) is 23.6. The third-order valence-corrected chi connectivity index (χ3v) is 3.84. The molecule has 14 nitrogen and oxygen atoms in total. The minimum absolute atomic E-state index is 0.430. The van der Waals surface area contributed by atoms with Crippen molar-refractivity contribution in [3.8, 4) is 0 Å². The molecule has 30 heavy (non-hydrogen) atoms. The molecule has 5 atom stereocenters. The van der Waals surface area contributed by atoms with Crippen LogP contribution in [0.5, 0.6) is 0 Å². The van der Waals surface area contributed by atoms with Crippen LogP contribution in [-0.2, 0) is 28.8 Å². The Morgan fingerprint density at radius 1 is 0.800 bits per heavy atom. The number of nitrogens with one attached hydrogen (secondary N) is 3. The number of carbonyl (C=O) groups is 6. The molecule has 0 saturated heterocycles. The number of aliphatic carboxylic acids is 3. The van der Waals surface area contributed by atoms with E-state index in [0.29, 0.717) is 0 Å². The van der Waals surface area contributed by atoms with Gasteiger partial charge in [-0.05, 0) is 20.3 Å². The van der Waals surface area contributed by atoms with Crippen LogP contribution in [0.3, 0.4) is 0 Å². The van der Waals surface area contributed by atoms with E-state index >= 15 is 0 Å². The molecule has 0 aliphatic carbocycles. The van der Waals surface area contributed by atoms with Crippen LogP contribution in [0.15, 0.2) is 0 Å². The summed E-state index contributed by atoms with van der Waals surface area (Å²) in [5, 5.41) is 42.2. The Balaban J connectivity index is 5.44. The number of carbonyl (C=O) groups excluding carboxylic acids is 3. The smallest absolute Gasteiger partial charge is 0.325 e. The van der Waals surface area contributed by atoms with Gasteiger partial charge in [-0.15, -0.1) is 0 Å². The molecule has 0 bridgehead atoms. The summed E-state index contributed by atoms with van der Waals surface area (Å²) in [6.45, 7) is 2.34. The van der Waals surface area contributed by atoms with Crippen LogP contribution >= 0.6 is 0 Å². The van der Waals surface area contributed by atoms with Crippen molar-refractivity contribution in [3.05, 3.63) is 0 Å². The molecule has 0 aromatic rings. The minimum atomic E-state index is -1.70. The molecule has 0 saturated carbocycles. The van der Waals surface area contributed by atoms with E-state index < -0.39 is 85.2 Å². The van der Waals surface area contributed by atoms with Crippen LogP contribution in [0.25, 0.3) is 0 Å². The summed E-state index contributed by atoms with van der Waals surface area (Å²) < 4.78 is 0. The van der Waals surface area contributed by atoms with Crippen LogP contribution in [-0.4, -0.2) is 86.3 Å². The maximum Gasteiger partial charge on any atom is 0.325 e. The van der Waals surface area contributed by atoms with Crippen LogP contribution in [0.2, 0.25) is 0 Å². The first-order valence-corrected chi connectivity index (χ1v) is 8.77. The number of carboxylic acid groups (broad SMARTS) is 3. The Morgan fingerprint density at radius 2 is 1.30 bits per heavy atom. The first-order valence-electron chi connectivity index (χ1n) is 8.77. The fourth-order valence-corrected chi connectivity index (χ4v) is 2.06. The normalized spacial score (nSPS) is 15.6. The third-order valence-electron chi connectivity index (χ3n) is 3.84. The Kier molecular flexibility index (Phi) is 11.0. The van der Waals surface area contributed by atoms with Gasteiger partial charge >= 0.3 is 17.9 Å². The number of carboxylic acids is 3. The molecule has 170 valence electrons. The van der Waals surface area contributed by atoms with E-state index in [0.717, 1.165) is 6.92 Å². The molecule has 0 aromatic heterocycles. The number of hydrogen-bond acceptors (Lipinski definition) is 8. The number of amides is 3. The van der Waals surface area contributed by atoms with Gasteiger partial charge in [-0.25, -0.2) is 0 Å². The molecular weight excluding hydrogens is 408 g/mol. The van der Waals surface area contributed by atoms with Crippen LogP contribution in [0.1, 0.15) is 33.1 Å². The molecule has 0 heterocycles. The van der Waals surface area contributed by atoms with Crippen molar-refractivity contribution < 1.29 is 49.2 Å². The molecule has 0 rings (SSSR count). The quantitative estimate of drug-likeness (QED) is 0.142. The summed E-state index contributed by atoms with van der Waals surface area (Å²) >= 11 is 0. The number of rotatable bonds is 13. The molecule has 9 N–H and O–H groups in total. The van der Waals surface area contributed by atoms with E-state index in [9.17, 15) is 33.9 Å². The average molecular weight is 434 g/mol. The lowest BCUT2D eigenvalue weighted by Gasteiger charge is -2.24. The van der Waals surface area contributed by atoms with Gasteiger partial charge in [-0.2, -0.15) is 0 Å². The van der Waals surface area contributed by atoms with Gasteiger partial charge in [0.25, 0.3) is 0 Å². The Morgan fingerprint density at radius 3 is 1.73 bits per heavy atom. The van der Waals surface area contributed by atoms with Crippen molar-refractivity contribution in [2.75, 3.05) is 0 Å². The van der Waals surface area contributed by atoms with Gasteiger partial charge in [0.2, 0.25) is 17.7 Å². The number of nitrogens with two attached hydrogens (primary N) is 1. The highest BCUT2D eigenvalue weighted by atomic mass is 16.4. The summed E-state index contributed by atoms with van der Waals surface area (Å²) in [4.78, 5) is 69.3. The van der Waals surface area contributed by atoms with E-state index in [1.807, 2.05) is 5.32 Å². The molecule has 0 aliphatic heterocycles. The summed E-state index contributed by atoms with van der Waals surface area (Å²) in [6, 6.07) is -6.03. The summed E-state index contributed by atoms with van der Waals surface area (Å²) in [5.41, 5.74) is 5.43. The van der Waals surface area contributed by atoms with Gasteiger partial charge in [-0.1, -0.05) is 0 Å². The van der Waals surface area contributed by atoms with Gasteiger partial charge in [0.15, 0.2) is 0 Å². The topological polar surface area (TPSA) is 245 Å². The molecule has 3 amide bonds. The summed E-state index contributed by atoms with van der Waals surface area (Å²) in [7, 11) is 0. The second-order valence-electron chi connectivity index (χ2n) is 6.49. The number of hydrogen-bond donors (Lipinski definition) is 8. The number of aliphatic hydroxyl groups is 1. The fourth-order valence-electron chi connectivity index (χ4n) is 2.06. The SMILES string of the molecule is CC(NC(=O)C(CCC(=O)O)NC(=O)C(CC(=O)O)NC(=O)C(N)C(C)O)C(=O)O. The predicted molar refractivity (Wildman–Crippen MR) is 97.9 cm³/mol. The van der Waals surface area contributed by atoms with Gasteiger partial charge < -0.3 is 42.1 Å². The fraction of sp³-hybridized carbons (Fsp3) is 0.625. The van der Waals surface area contributed by atoms with E-state index in [2.05, 4.69) is 10.6 Å². The van der Waals surface area contributed by atoms with E-state index in [4.69, 9.17) is 21.1 Å². The first-order chi connectivity index (χ1) is 13.8. The van der Waals surface area contributed by atoms with Crippen molar-refractivity contribution in [2.45, 2.75) is 63.4 Å². The first kappa shape index (κ1) is 26.7. The van der Waals surface area contributed by atoms with Gasteiger partial charge in [0.05, 0.1) is 12.5 Å². The van der Waals surface area contributed by atoms with Crippen LogP contribution in [0.4, 0.5) is 0 Å². The lowest BCUT2D eigenvalue weighted by atomic mass is 10.1. The second-order valence-corrected chi connectivity index (χ2v) is 6.49. The molecule has 0 spiro atoms. The minimum Gasteiger partial charge on any atom is -0.481 e. The second kappa shape index (κ2) is 12.3. The highest BCUT2D eigenvalue weighted by Crippen LogP contribution is 2.03. The van der Waals surface area contributed by atoms with E-state index in [1.54, 1.807) is 0 Å². The van der Waals surface area contributed by atoms with Crippen molar-refractivity contribution in [1.82, 2.24) is 16.0 Å². The van der Waals surface area contributed by atoms with Gasteiger partial charge in [0.1, 0.15) is 24.2 Å². The van der Waals surface area contributed by atoms with Gasteiger partial charge in [0, 0.05) is 6.42 Å². The molecule has 14 heteroatoms. The zero-order valence-corrected chi connectivity index (χ0v) is 16.3. The van der Waals surface area contributed by atoms with E-state index in [1.165, 1.54) is 6.92 Å². The Labute approximate surface area is 170 Å². The van der Waals surface area contributed by atoms with Gasteiger partial charge in [-0.3, -0.25) is 28.8 Å².